The predicted octanol–water partition coefficient (Wildman–Crippen LogP) is 0.405. The smallest absolute Gasteiger partial charge is 0.258 e. The molecular weight excluding hydrogens is 258 g/mol. The lowest BCUT2D eigenvalue weighted by molar-refractivity contribution is -0.133. The molecular formula is C14H17N3O3. The second-order valence-electron chi connectivity index (χ2n) is 5.00. The van der Waals surface area contributed by atoms with E-state index in [-0.39, 0.29) is 18.4 Å². The molecule has 2 heterocycles. The number of ether oxygens (including phenoxy) is 1. The van der Waals surface area contributed by atoms with Crippen molar-refractivity contribution in [1.29, 1.82) is 0 Å². The Bertz CT molecular complexity index is 559. The number of nitrogens with zero attached hydrogens (tertiary/aromatic N) is 2. The molecule has 6 heteroatoms. The average molecular weight is 275 g/mol. The quantitative estimate of drug-likeness (QED) is 0.806. The molecule has 1 aromatic rings. The highest BCUT2D eigenvalue weighted by molar-refractivity contribution is 6.00. The van der Waals surface area contributed by atoms with Crippen molar-refractivity contribution in [2.45, 2.75) is 0 Å². The summed E-state index contributed by atoms with van der Waals surface area (Å²) >= 11 is 0. The fourth-order valence-electron chi connectivity index (χ4n) is 2.44. The molecule has 0 saturated carbocycles. The third-order valence-electron chi connectivity index (χ3n) is 3.65. The third-order valence-corrected chi connectivity index (χ3v) is 3.65. The van der Waals surface area contributed by atoms with Crippen molar-refractivity contribution in [3.63, 3.8) is 0 Å². The summed E-state index contributed by atoms with van der Waals surface area (Å²) in [6, 6.07) is 5.46. The Balaban J connectivity index is 1.86. The van der Waals surface area contributed by atoms with E-state index in [0.29, 0.717) is 31.0 Å². The Hall–Kier alpha value is -2.24. The van der Waals surface area contributed by atoms with E-state index in [1.165, 1.54) is 0 Å². The second-order valence-corrected chi connectivity index (χ2v) is 5.00. The Kier molecular flexibility index (Phi) is 3.22. The number of hydrogen-bond acceptors (Lipinski definition) is 4. The van der Waals surface area contributed by atoms with Crippen LogP contribution in [-0.2, 0) is 4.79 Å². The zero-order chi connectivity index (χ0) is 14.1. The van der Waals surface area contributed by atoms with Gasteiger partial charge in [0.1, 0.15) is 13.2 Å². The summed E-state index contributed by atoms with van der Waals surface area (Å²) in [5.74, 6) is 0.413. The summed E-state index contributed by atoms with van der Waals surface area (Å²) in [5.41, 5.74) is 1.36. The number of anilines is 1. The fourth-order valence-corrected chi connectivity index (χ4v) is 2.44. The number of amides is 2. The van der Waals surface area contributed by atoms with Gasteiger partial charge in [0, 0.05) is 26.7 Å². The molecule has 3 rings (SSSR count). The molecule has 0 spiro atoms. The van der Waals surface area contributed by atoms with E-state index in [0.717, 1.165) is 12.2 Å². The van der Waals surface area contributed by atoms with Crippen LogP contribution in [0.25, 0.3) is 0 Å². The first kappa shape index (κ1) is 12.8. The molecule has 0 bridgehead atoms. The van der Waals surface area contributed by atoms with Crippen LogP contribution in [0.3, 0.4) is 0 Å². The maximum Gasteiger partial charge on any atom is 0.258 e. The fraction of sp³-hybridized carbons (Fsp3) is 0.429. The second kappa shape index (κ2) is 5.03. The molecule has 0 aliphatic carbocycles. The molecule has 6 nitrogen and oxygen atoms in total. The van der Waals surface area contributed by atoms with E-state index >= 15 is 0 Å². The van der Waals surface area contributed by atoms with E-state index in [1.54, 1.807) is 22.9 Å². The Labute approximate surface area is 117 Å². The van der Waals surface area contributed by atoms with Gasteiger partial charge in [0.15, 0.2) is 5.75 Å². The zero-order valence-corrected chi connectivity index (χ0v) is 11.4. The van der Waals surface area contributed by atoms with Crippen LogP contribution in [0.2, 0.25) is 0 Å². The Morgan fingerprint density at radius 1 is 1.35 bits per heavy atom. The molecule has 1 saturated heterocycles. The first-order valence-corrected chi connectivity index (χ1v) is 6.70. The maximum absolute atomic E-state index is 12.6. The van der Waals surface area contributed by atoms with Crippen molar-refractivity contribution >= 4 is 17.5 Å². The van der Waals surface area contributed by atoms with Crippen LogP contribution in [0.4, 0.5) is 5.69 Å². The van der Waals surface area contributed by atoms with Gasteiger partial charge >= 0.3 is 0 Å². The van der Waals surface area contributed by atoms with Crippen LogP contribution in [0.5, 0.6) is 5.75 Å². The van der Waals surface area contributed by atoms with E-state index in [1.807, 2.05) is 12.1 Å². The normalized spacial score (nSPS) is 18.1. The van der Waals surface area contributed by atoms with Gasteiger partial charge in [-0.3, -0.25) is 9.59 Å². The molecule has 2 amide bonds. The summed E-state index contributed by atoms with van der Waals surface area (Å²) in [5, 5.41) is 3.21. The van der Waals surface area contributed by atoms with Crippen LogP contribution < -0.4 is 10.1 Å². The number of rotatable bonds is 1. The number of nitrogens with one attached hydrogen (secondary N) is 1. The number of piperazine rings is 1. The molecule has 1 fully saturated rings. The van der Waals surface area contributed by atoms with Gasteiger partial charge in [-0.05, 0) is 12.1 Å². The molecule has 20 heavy (non-hydrogen) atoms. The minimum absolute atomic E-state index is 0.0338. The number of benzene rings is 1. The SMILES string of the molecule is CN1CCN(C(=O)c2cccc3c2OCCN3)CC1=O. The van der Waals surface area contributed by atoms with Crippen molar-refractivity contribution in [3.8, 4) is 5.75 Å². The summed E-state index contributed by atoms with van der Waals surface area (Å²) in [6.45, 7) is 2.53. The van der Waals surface area contributed by atoms with Crippen molar-refractivity contribution in [3.05, 3.63) is 23.8 Å². The van der Waals surface area contributed by atoms with Crippen molar-refractivity contribution in [1.82, 2.24) is 9.80 Å². The molecule has 2 aliphatic rings. The molecule has 0 unspecified atom stereocenters. The zero-order valence-electron chi connectivity index (χ0n) is 11.4. The molecule has 106 valence electrons. The summed E-state index contributed by atoms with van der Waals surface area (Å²) in [4.78, 5) is 27.5. The highest BCUT2D eigenvalue weighted by Crippen LogP contribution is 2.32. The topological polar surface area (TPSA) is 61.9 Å². The van der Waals surface area contributed by atoms with Crippen molar-refractivity contribution < 1.29 is 14.3 Å². The highest BCUT2D eigenvalue weighted by Gasteiger charge is 2.28. The monoisotopic (exact) mass is 275 g/mol. The van der Waals surface area contributed by atoms with Gasteiger partial charge in [-0.1, -0.05) is 6.07 Å². The van der Waals surface area contributed by atoms with E-state index in [9.17, 15) is 9.59 Å². The minimum atomic E-state index is -0.146. The molecule has 0 aromatic heterocycles. The van der Waals surface area contributed by atoms with E-state index in [4.69, 9.17) is 4.74 Å². The molecule has 1 aromatic carbocycles. The Morgan fingerprint density at radius 3 is 3.00 bits per heavy atom. The van der Waals surface area contributed by atoms with Crippen molar-refractivity contribution in [2.24, 2.45) is 0 Å². The van der Waals surface area contributed by atoms with Crippen LogP contribution in [0, 0.1) is 0 Å². The van der Waals surface area contributed by atoms with Gasteiger partial charge in [-0.25, -0.2) is 0 Å². The molecule has 1 N–H and O–H groups in total. The predicted molar refractivity (Wildman–Crippen MR) is 74.0 cm³/mol. The van der Waals surface area contributed by atoms with Crippen LogP contribution in [0.15, 0.2) is 18.2 Å². The lowest BCUT2D eigenvalue weighted by Gasteiger charge is -2.32. The Morgan fingerprint density at radius 2 is 2.20 bits per heavy atom. The maximum atomic E-state index is 12.6. The lowest BCUT2D eigenvalue weighted by atomic mass is 10.1. The molecule has 2 aliphatic heterocycles. The highest BCUT2D eigenvalue weighted by atomic mass is 16.5. The van der Waals surface area contributed by atoms with Crippen LogP contribution in [-0.4, -0.2) is 61.4 Å². The molecule has 0 radical (unpaired) electrons. The van der Waals surface area contributed by atoms with Gasteiger partial charge in [0.25, 0.3) is 5.91 Å². The third kappa shape index (κ3) is 2.17. The van der Waals surface area contributed by atoms with Crippen LogP contribution >= 0.6 is 0 Å². The first-order chi connectivity index (χ1) is 9.66. The van der Waals surface area contributed by atoms with Crippen LogP contribution in [0.1, 0.15) is 10.4 Å². The summed E-state index contributed by atoms with van der Waals surface area (Å²) < 4.78 is 5.61. The number of para-hydroxylation sites is 1. The summed E-state index contributed by atoms with van der Waals surface area (Å²) in [6.07, 6.45) is 0. The van der Waals surface area contributed by atoms with Gasteiger partial charge in [-0.15, -0.1) is 0 Å². The van der Waals surface area contributed by atoms with Gasteiger partial charge in [-0.2, -0.15) is 0 Å². The lowest BCUT2D eigenvalue weighted by Crippen LogP contribution is -2.50. The average Bonchev–Trinajstić information content (AvgIpc) is 2.49. The minimum Gasteiger partial charge on any atom is -0.489 e. The number of carbonyl (C=O) groups excluding carboxylic acids is 2. The van der Waals surface area contributed by atoms with E-state index in [2.05, 4.69) is 5.32 Å². The van der Waals surface area contributed by atoms with E-state index < -0.39 is 0 Å². The number of carbonyl (C=O) groups is 2. The van der Waals surface area contributed by atoms with Gasteiger partial charge in [0.05, 0.1) is 11.3 Å². The van der Waals surface area contributed by atoms with Gasteiger partial charge in [0.2, 0.25) is 5.91 Å². The van der Waals surface area contributed by atoms with Crippen molar-refractivity contribution in [2.75, 3.05) is 45.2 Å². The largest absolute Gasteiger partial charge is 0.489 e. The summed E-state index contributed by atoms with van der Waals surface area (Å²) in [7, 11) is 1.75. The number of fused-ring (bicyclic) bond motifs is 1. The number of likely N-dealkylation sites (N-methyl/N-ethyl adjacent to an activating group) is 1. The van der Waals surface area contributed by atoms with Gasteiger partial charge < -0.3 is 19.9 Å². The molecule has 0 atom stereocenters. The standard InChI is InChI=1S/C14H17N3O3/c1-16-6-7-17(9-12(16)18)14(19)10-3-2-4-11-13(10)20-8-5-15-11/h2-4,15H,5-9H2,1H3. The first-order valence-electron chi connectivity index (χ1n) is 6.70. The number of hydrogen-bond donors (Lipinski definition) is 1.